The van der Waals surface area contributed by atoms with Crippen molar-refractivity contribution in [3.8, 4) is 0 Å². The summed E-state index contributed by atoms with van der Waals surface area (Å²) in [4.78, 5) is 30.0. The average molecular weight is 502 g/mol. The van der Waals surface area contributed by atoms with E-state index in [1.165, 1.54) is 0 Å². The van der Waals surface area contributed by atoms with Gasteiger partial charge in [-0.25, -0.2) is 0 Å². The Bertz CT molecular complexity index is 514. The summed E-state index contributed by atoms with van der Waals surface area (Å²) < 4.78 is 2.53. The van der Waals surface area contributed by atoms with Crippen molar-refractivity contribution in [3.05, 3.63) is 0 Å². The molecule has 0 aliphatic heterocycles. The zero-order valence-corrected chi connectivity index (χ0v) is 22.2. The van der Waals surface area contributed by atoms with Crippen molar-refractivity contribution < 1.29 is 63.6 Å². The first-order chi connectivity index (χ1) is 15.0. The molecule has 0 rings (SSSR count). The summed E-state index contributed by atoms with van der Waals surface area (Å²) in [7, 11) is 18.5. The second kappa shape index (κ2) is 19.4. The molecule has 206 valence electrons. The molecule has 34 heavy (non-hydrogen) atoms. The third kappa shape index (κ3) is 37.4. The van der Waals surface area contributed by atoms with Gasteiger partial charge in [-0.3, -0.25) is 0 Å². The zero-order chi connectivity index (χ0) is 28.3. The molecule has 0 heterocycles. The molecule has 13 nitrogen and oxygen atoms in total. The fraction of sp³-hybridized carbons (Fsp3) is 0.857. The van der Waals surface area contributed by atoms with E-state index in [4.69, 9.17) is 20.4 Å². The normalized spacial score (nSPS) is 13.0. The lowest BCUT2D eigenvalue weighted by Crippen LogP contribution is -2.49. The number of nitrogens with zero attached hydrogens (tertiary/aromatic N) is 3. The number of aliphatic hydroxyl groups is 4. The molecule has 0 fully saturated rings. The van der Waals surface area contributed by atoms with Crippen LogP contribution in [0.1, 0.15) is 6.42 Å². The van der Waals surface area contributed by atoms with Crippen molar-refractivity contribution in [2.24, 2.45) is 5.92 Å². The van der Waals surface area contributed by atoms with Crippen LogP contribution < -0.4 is 15.3 Å². The number of carbonyl (C=O) groups excluding carboxylic acids is 3. The number of likely N-dealkylation sites (N-methyl/N-ethyl adjacent to an activating group) is 3. The highest BCUT2D eigenvalue weighted by atomic mass is 16.4. The van der Waals surface area contributed by atoms with Gasteiger partial charge in [0.1, 0.15) is 25.7 Å². The molecule has 0 bridgehead atoms. The van der Waals surface area contributed by atoms with Gasteiger partial charge in [0.05, 0.1) is 89.2 Å². The number of hydrogen-bond donors (Lipinski definition) is 4. The first-order valence-electron chi connectivity index (χ1n) is 10.6. The third-order valence-corrected chi connectivity index (χ3v) is 3.62. The zero-order valence-electron chi connectivity index (χ0n) is 22.2. The van der Waals surface area contributed by atoms with E-state index in [2.05, 4.69) is 63.4 Å². The van der Waals surface area contributed by atoms with Crippen LogP contribution in [0.25, 0.3) is 0 Å². The molecule has 0 aromatic rings. The lowest BCUT2D eigenvalue weighted by molar-refractivity contribution is -0.870. The quantitative estimate of drug-likeness (QED) is 0.197. The minimum absolute atomic E-state index is 0.281. The molecule has 0 saturated heterocycles. The fourth-order valence-electron chi connectivity index (χ4n) is 1.57. The lowest BCUT2D eigenvalue weighted by Gasteiger charge is -2.24. The molecule has 0 radical (unpaired) electrons. The molecule has 13 heteroatoms. The highest BCUT2D eigenvalue weighted by Gasteiger charge is 2.21. The van der Waals surface area contributed by atoms with E-state index in [1.807, 2.05) is 0 Å². The molecular formula is C21H47N3O10. The maximum absolute atomic E-state index is 10.1. The molecule has 2 atom stereocenters. The minimum Gasteiger partial charge on any atom is -0.550 e. The Morgan fingerprint density at radius 1 is 0.618 bits per heavy atom. The van der Waals surface area contributed by atoms with Crippen LogP contribution in [0.2, 0.25) is 0 Å². The lowest BCUT2D eigenvalue weighted by atomic mass is 9.99. The van der Waals surface area contributed by atoms with Crippen molar-refractivity contribution in [2.75, 3.05) is 103 Å². The van der Waals surface area contributed by atoms with Crippen LogP contribution in [0, 0.1) is 5.92 Å². The van der Waals surface area contributed by atoms with Gasteiger partial charge in [0.15, 0.2) is 0 Å². The second-order valence-electron chi connectivity index (χ2n) is 10.5. The Morgan fingerprint density at radius 3 is 0.971 bits per heavy atom. The molecule has 2 unspecified atom stereocenters. The predicted octanol–water partition coefficient (Wildman–Crippen LogP) is -6.34. The Kier molecular flexibility index (Phi) is 22.5. The maximum Gasteiger partial charge on any atom is 0.102 e. The van der Waals surface area contributed by atoms with Crippen molar-refractivity contribution in [1.82, 2.24) is 0 Å². The van der Waals surface area contributed by atoms with Gasteiger partial charge >= 0.3 is 0 Å². The van der Waals surface area contributed by atoms with E-state index >= 15 is 0 Å². The number of carbonyl (C=O) groups is 3. The minimum atomic E-state index is -2.41. The van der Waals surface area contributed by atoms with Gasteiger partial charge < -0.3 is 63.6 Å². The molecule has 4 N–H and O–H groups in total. The second-order valence-corrected chi connectivity index (χ2v) is 10.5. The fourth-order valence-corrected chi connectivity index (χ4v) is 1.57. The van der Waals surface area contributed by atoms with Crippen molar-refractivity contribution >= 4 is 17.9 Å². The van der Waals surface area contributed by atoms with Crippen molar-refractivity contribution in [1.29, 1.82) is 0 Å². The molecular weight excluding hydrogens is 454 g/mol. The van der Waals surface area contributed by atoms with E-state index in [-0.39, 0.29) is 19.8 Å². The molecule has 0 aliphatic carbocycles. The molecule has 0 spiro atoms. The van der Waals surface area contributed by atoms with Crippen molar-refractivity contribution in [2.45, 2.75) is 12.5 Å². The van der Waals surface area contributed by atoms with Crippen LogP contribution in [-0.2, 0) is 14.4 Å². The molecule has 0 aliphatic rings. The summed E-state index contributed by atoms with van der Waals surface area (Å²) in [6, 6.07) is 0. The van der Waals surface area contributed by atoms with Gasteiger partial charge in [0, 0.05) is 17.9 Å². The van der Waals surface area contributed by atoms with Gasteiger partial charge in [-0.1, -0.05) is 0 Å². The summed E-state index contributed by atoms with van der Waals surface area (Å²) in [5, 5.41) is 63.8. The van der Waals surface area contributed by atoms with E-state index in [0.717, 1.165) is 33.1 Å². The average Bonchev–Trinajstić information content (AvgIpc) is 2.57. The predicted molar refractivity (Wildman–Crippen MR) is 119 cm³/mol. The number of carboxylic acid groups (broad SMARTS) is 3. The summed E-state index contributed by atoms with van der Waals surface area (Å²) in [5.74, 6) is -7.92. The summed E-state index contributed by atoms with van der Waals surface area (Å²) in [6.07, 6.45) is -3.56. The largest absolute Gasteiger partial charge is 0.550 e. The standard InChI is InChI=1S/C6H8O7.3C5H14NO/c7-3(8)1-2(5(10)11)4(9)6(12)13;3*1-6(2,3)4-5-7/h2,4,9H,1H2,(H,7,8)(H,10,11)(H,12,13);3*7H,4-5H2,1-3H3/q;3*+1/p-3. The number of hydrogen-bond acceptors (Lipinski definition) is 10. The maximum atomic E-state index is 10.1. The Labute approximate surface area is 203 Å². The molecule has 0 aromatic heterocycles. The van der Waals surface area contributed by atoms with Gasteiger partial charge in [0.25, 0.3) is 0 Å². The van der Waals surface area contributed by atoms with Crippen LogP contribution in [0.4, 0.5) is 0 Å². The third-order valence-electron chi connectivity index (χ3n) is 3.62. The van der Waals surface area contributed by atoms with E-state index < -0.39 is 36.4 Å². The molecule has 0 saturated carbocycles. The highest BCUT2D eigenvalue weighted by molar-refractivity contribution is 5.82. The van der Waals surface area contributed by atoms with E-state index in [9.17, 15) is 29.7 Å². The van der Waals surface area contributed by atoms with Crippen LogP contribution in [0.5, 0.6) is 0 Å². The Balaban J connectivity index is -0.000000186. The van der Waals surface area contributed by atoms with Crippen molar-refractivity contribution in [3.63, 3.8) is 0 Å². The highest BCUT2D eigenvalue weighted by Crippen LogP contribution is 2.07. The molecule has 0 amide bonds. The smallest absolute Gasteiger partial charge is 0.102 e. The Hall–Kier alpha value is -1.87. The van der Waals surface area contributed by atoms with Crippen LogP contribution in [0.15, 0.2) is 0 Å². The van der Waals surface area contributed by atoms with E-state index in [0.29, 0.717) is 0 Å². The summed E-state index contributed by atoms with van der Waals surface area (Å²) in [6.45, 7) is 3.34. The van der Waals surface area contributed by atoms with Gasteiger partial charge in [-0.05, 0) is 6.42 Å². The number of carboxylic acids is 3. The number of aliphatic carboxylic acids is 3. The number of quaternary nitrogens is 3. The Morgan fingerprint density at radius 2 is 0.882 bits per heavy atom. The van der Waals surface area contributed by atoms with Crippen LogP contribution in [-0.4, -0.2) is 161 Å². The van der Waals surface area contributed by atoms with Gasteiger partial charge in [-0.2, -0.15) is 0 Å². The van der Waals surface area contributed by atoms with Crippen LogP contribution >= 0.6 is 0 Å². The monoisotopic (exact) mass is 501 g/mol. The first-order valence-corrected chi connectivity index (χ1v) is 10.6. The molecule has 0 aromatic carbocycles. The van der Waals surface area contributed by atoms with Crippen LogP contribution in [0.3, 0.4) is 0 Å². The topological polar surface area (TPSA) is 201 Å². The van der Waals surface area contributed by atoms with Gasteiger partial charge in [-0.15, -0.1) is 0 Å². The van der Waals surface area contributed by atoms with Gasteiger partial charge in [0.2, 0.25) is 0 Å². The SMILES string of the molecule is C[N+](C)(C)CCO.C[N+](C)(C)CCO.C[N+](C)(C)CCO.O=C([O-])CC(C(=O)[O-])C(O)C(=O)[O-]. The van der Waals surface area contributed by atoms with E-state index in [1.54, 1.807) is 0 Å². The first kappa shape index (κ1) is 39.3. The number of aliphatic hydroxyl groups excluding tert-OH is 4. The summed E-state index contributed by atoms with van der Waals surface area (Å²) in [5.41, 5.74) is 0. The number of rotatable bonds is 11. The summed E-state index contributed by atoms with van der Waals surface area (Å²) >= 11 is 0.